The molecule has 4 aromatic rings. The van der Waals surface area contributed by atoms with Gasteiger partial charge in [0.05, 0.1) is 15.9 Å². The van der Waals surface area contributed by atoms with E-state index in [1.54, 1.807) is 12.1 Å². The Labute approximate surface area is 164 Å². The highest BCUT2D eigenvalue weighted by molar-refractivity contribution is 7.22. The van der Waals surface area contributed by atoms with Crippen LogP contribution in [0.1, 0.15) is 21.6 Å². The van der Waals surface area contributed by atoms with Crippen LogP contribution in [-0.4, -0.2) is 31.2 Å². The van der Waals surface area contributed by atoms with Crippen molar-refractivity contribution < 1.29 is 9.90 Å². The number of thiazole rings is 1. The molecule has 3 heterocycles. The summed E-state index contributed by atoms with van der Waals surface area (Å²) in [6, 6.07) is 11.2. The van der Waals surface area contributed by atoms with Crippen molar-refractivity contribution in [2.75, 3.05) is 10.6 Å². The highest BCUT2D eigenvalue weighted by Gasteiger charge is 2.15. The molecule has 0 amide bonds. The molecule has 1 aromatic carbocycles. The fourth-order valence-electron chi connectivity index (χ4n) is 2.67. The van der Waals surface area contributed by atoms with E-state index < -0.39 is 5.97 Å². The Morgan fingerprint density at radius 1 is 1.00 bits per heavy atom. The van der Waals surface area contributed by atoms with Gasteiger partial charge in [-0.15, -0.1) is 10.2 Å². The number of hydrogen-bond donors (Lipinski definition) is 3. The average Bonchev–Trinajstić information content (AvgIpc) is 3.10. The summed E-state index contributed by atoms with van der Waals surface area (Å²) in [6.45, 7) is 3.82. The maximum Gasteiger partial charge on any atom is 0.356 e. The monoisotopic (exact) mass is 392 g/mol. The van der Waals surface area contributed by atoms with E-state index in [0.29, 0.717) is 17.3 Å². The van der Waals surface area contributed by atoms with E-state index in [0.717, 1.165) is 26.5 Å². The highest BCUT2D eigenvalue weighted by atomic mass is 32.1. The molecule has 0 radical (unpaired) electrons. The minimum absolute atomic E-state index is 0.0713. The van der Waals surface area contributed by atoms with Crippen molar-refractivity contribution in [1.82, 2.24) is 20.2 Å². The Kier molecular flexibility index (Phi) is 4.58. The highest BCUT2D eigenvalue weighted by Crippen LogP contribution is 2.30. The van der Waals surface area contributed by atoms with Crippen molar-refractivity contribution in [2.24, 2.45) is 0 Å². The fraction of sp³-hybridized carbons (Fsp3) is 0.105. The van der Waals surface area contributed by atoms with Gasteiger partial charge in [-0.1, -0.05) is 23.5 Å². The van der Waals surface area contributed by atoms with Crippen LogP contribution in [0.4, 0.5) is 22.5 Å². The smallest absolute Gasteiger partial charge is 0.356 e. The zero-order valence-electron chi connectivity index (χ0n) is 15.1. The molecule has 0 fully saturated rings. The molecule has 4 rings (SSSR count). The summed E-state index contributed by atoms with van der Waals surface area (Å²) >= 11 is 1.54. The Morgan fingerprint density at radius 2 is 1.71 bits per heavy atom. The van der Waals surface area contributed by atoms with Crippen LogP contribution in [0, 0.1) is 13.8 Å². The number of pyridine rings is 1. The molecule has 0 spiro atoms. The van der Waals surface area contributed by atoms with Crippen LogP contribution in [0.2, 0.25) is 0 Å². The second-order valence-electron chi connectivity index (χ2n) is 6.09. The lowest BCUT2D eigenvalue weighted by Crippen LogP contribution is -2.09. The number of para-hydroxylation sites is 1. The van der Waals surface area contributed by atoms with E-state index in [4.69, 9.17) is 0 Å². The van der Waals surface area contributed by atoms with E-state index in [1.807, 2.05) is 38.1 Å². The standard InChI is InChI=1S/C19H16N6O2S/c1-10-11(2)17(23-19-22-12-6-3-4-8-14(12)28-19)25-24-16(10)21-13-7-5-9-20-15(13)18(26)27/h3-9H,1-2H3,(H,21,24)(H,26,27)(H,22,23,25). The average molecular weight is 392 g/mol. The van der Waals surface area contributed by atoms with Crippen molar-refractivity contribution in [2.45, 2.75) is 13.8 Å². The van der Waals surface area contributed by atoms with Crippen LogP contribution < -0.4 is 10.6 Å². The SMILES string of the molecule is Cc1c(Nc2nc3ccccc3s2)nnc(Nc2cccnc2C(=O)O)c1C. The van der Waals surface area contributed by atoms with Gasteiger partial charge in [-0.25, -0.2) is 14.8 Å². The van der Waals surface area contributed by atoms with Gasteiger partial charge in [0, 0.05) is 17.3 Å². The summed E-state index contributed by atoms with van der Waals surface area (Å²) in [5, 5.41) is 24.7. The first-order valence-electron chi connectivity index (χ1n) is 8.44. The molecular weight excluding hydrogens is 376 g/mol. The lowest BCUT2D eigenvalue weighted by molar-refractivity contribution is 0.0691. The Morgan fingerprint density at radius 3 is 2.43 bits per heavy atom. The van der Waals surface area contributed by atoms with Crippen molar-refractivity contribution in [3.05, 3.63) is 59.4 Å². The second kappa shape index (κ2) is 7.20. The predicted octanol–water partition coefficient (Wildman–Crippen LogP) is 4.28. The fourth-order valence-corrected chi connectivity index (χ4v) is 3.54. The molecule has 9 heteroatoms. The predicted molar refractivity (Wildman–Crippen MR) is 109 cm³/mol. The van der Waals surface area contributed by atoms with Crippen molar-refractivity contribution in [1.29, 1.82) is 0 Å². The number of hydrogen-bond acceptors (Lipinski definition) is 8. The number of aromatic carboxylic acids is 1. The van der Waals surface area contributed by atoms with Crippen LogP contribution in [0.3, 0.4) is 0 Å². The number of carboxylic acids is 1. The normalized spacial score (nSPS) is 10.8. The molecular formula is C19H16N6O2S. The summed E-state index contributed by atoms with van der Waals surface area (Å²) in [5.74, 6) is -0.0332. The largest absolute Gasteiger partial charge is 0.476 e. The number of nitrogens with one attached hydrogen (secondary N) is 2. The molecule has 140 valence electrons. The molecule has 28 heavy (non-hydrogen) atoms. The van der Waals surface area contributed by atoms with Gasteiger partial charge in [0.1, 0.15) is 0 Å². The summed E-state index contributed by atoms with van der Waals surface area (Å²) in [4.78, 5) is 19.8. The molecule has 8 nitrogen and oxygen atoms in total. The first-order valence-corrected chi connectivity index (χ1v) is 9.26. The number of anilines is 4. The van der Waals surface area contributed by atoms with E-state index in [1.165, 1.54) is 17.5 Å². The van der Waals surface area contributed by atoms with Crippen LogP contribution in [0.5, 0.6) is 0 Å². The van der Waals surface area contributed by atoms with Crippen LogP contribution in [0.15, 0.2) is 42.6 Å². The molecule has 0 bridgehead atoms. The minimum Gasteiger partial charge on any atom is -0.476 e. The Hall–Kier alpha value is -3.59. The number of carboxylic acid groups (broad SMARTS) is 1. The number of nitrogens with zero attached hydrogens (tertiary/aromatic N) is 4. The summed E-state index contributed by atoms with van der Waals surface area (Å²) in [7, 11) is 0. The summed E-state index contributed by atoms with van der Waals surface area (Å²) in [6.07, 6.45) is 1.43. The Bertz CT molecular complexity index is 1160. The van der Waals surface area contributed by atoms with Gasteiger partial charge in [-0.2, -0.15) is 0 Å². The van der Waals surface area contributed by atoms with Gasteiger partial charge in [-0.05, 0) is 38.1 Å². The van der Waals surface area contributed by atoms with Gasteiger partial charge < -0.3 is 15.7 Å². The topological polar surface area (TPSA) is 113 Å². The number of benzene rings is 1. The quantitative estimate of drug-likeness (QED) is 0.461. The van der Waals surface area contributed by atoms with Gasteiger partial charge >= 0.3 is 5.97 Å². The summed E-state index contributed by atoms with van der Waals surface area (Å²) < 4.78 is 1.09. The number of fused-ring (bicyclic) bond motifs is 1. The van der Waals surface area contributed by atoms with Gasteiger partial charge in [0.25, 0.3) is 0 Å². The second-order valence-corrected chi connectivity index (χ2v) is 7.12. The molecule has 0 aliphatic heterocycles. The van der Waals surface area contributed by atoms with E-state index in [-0.39, 0.29) is 5.69 Å². The van der Waals surface area contributed by atoms with E-state index in [2.05, 4.69) is 30.8 Å². The molecule has 3 aromatic heterocycles. The van der Waals surface area contributed by atoms with Gasteiger partial charge in [0.2, 0.25) is 0 Å². The van der Waals surface area contributed by atoms with Gasteiger partial charge in [0.15, 0.2) is 22.5 Å². The molecule has 0 atom stereocenters. The zero-order chi connectivity index (χ0) is 19.7. The third kappa shape index (κ3) is 3.35. The molecule has 0 aliphatic carbocycles. The van der Waals surface area contributed by atoms with Crippen LogP contribution >= 0.6 is 11.3 Å². The maximum absolute atomic E-state index is 11.3. The molecule has 0 aliphatic rings. The first kappa shape index (κ1) is 17.8. The van der Waals surface area contributed by atoms with E-state index >= 15 is 0 Å². The third-order valence-electron chi connectivity index (χ3n) is 4.31. The Balaban J connectivity index is 1.63. The van der Waals surface area contributed by atoms with Crippen molar-refractivity contribution in [3.8, 4) is 0 Å². The third-order valence-corrected chi connectivity index (χ3v) is 5.26. The van der Waals surface area contributed by atoms with Gasteiger partial charge in [-0.3, -0.25) is 0 Å². The minimum atomic E-state index is -1.11. The molecule has 0 saturated carbocycles. The number of carbonyl (C=O) groups is 1. The van der Waals surface area contributed by atoms with E-state index in [9.17, 15) is 9.90 Å². The lowest BCUT2D eigenvalue weighted by atomic mass is 10.1. The van der Waals surface area contributed by atoms with Crippen LogP contribution in [0.25, 0.3) is 10.2 Å². The number of aromatic nitrogens is 4. The van der Waals surface area contributed by atoms with Crippen molar-refractivity contribution >= 4 is 50.0 Å². The maximum atomic E-state index is 11.3. The molecule has 3 N–H and O–H groups in total. The van der Waals surface area contributed by atoms with Crippen molar-refractivity contribution in [3.63, 3.8) is 0 Å². The number of rotatable bonds is 5. The van der Waals surface area contributed by atoms with Crippen LogP contribution in [-0.2, 0) is 0 Å². The molecule has 0 unspecified atom stereocenters. The zero-order valence-corrected chi connectivity index (χ0v) is 15.9. The summed E-state index contributed by atoms with van der Waals surface area (Å²) in [5.41, 5.74) is 2.95. The molecule has 0 saturated heterocycles. The lowest BCUT2D eigenvalue weighted by Gasteiger charge is -2.13. The first-order chi connectivity index (χ1) is 13.5.